The molecule has 0 bridgehead atoms. The zero-order chi connectivity index (χ0) is 16.3. The van der Waals surface area contributed by atoms with Crippen LogP contribution in [0, 0.1) is 5.41 Å². The largest absolute Gasteiger partial charge is 0.337 e. The Hall–Kier alpha value is -1.01. The molecule has 128 valence electrons. The highest BCUT2D eigenvalue weighted by Gasteiger charge is 2.57. The number of hydrogen-bond acceptors (Lipinski definition) is 4. The van der Waals surface area contributed by atoms with Crippen LogP contribution in [0.4, 0.5) is 0 Å². The molecule has 2 heterocycles. The number of nitrogens with one attached hydrogen (secondary N) is 1. The molecule has 2 fully saturated rings. The van der Waals surface area contributed by atoms with E-state index >= 15 is 0 Å². The topological polar surface area (TPSA) is 50.2 Å². The van der Waals surface area contributed by atoms with Crippen LogP contribution in [-0.2, 0) is 18.4 Å². The van der Waals surface area contributed by atoms with Gasteiger partial charge >= 0.3 is 0 Å². The van der Waals surface area contributed by atoms with Gasteiger partial charge in [0.05, 0.1) is 6.54 Å². The minimum absolute atomic E-state index is 0.308. The summed E-state index contributed by atoms with van der Waals surface area (Å²) in [6.45, 7) is 2.84. The summed E-state index contributed by atoms with van der Waals surface area (Å²) in [5, 5.41) is 3.44. The molecule has 0 aromatic carbocycles. The third-order valence-electron chi connectivity index (χ3n) is 5.41. The number of carbonyl (C=O) groups excluding carboxylic acids is 1. The molecule has 6 heteroatoms. The molecular weight excluding hydrogens is 308 g/mol. The molecule has 0 radical (unpaired) electrons. The molecule has 1 aromatic heterocycles. The minimum Gasteiger partial charge on any atom is -0.337 e. The summed E-state index contributed by atoms with van der Waals surface area (Å²) in [5.41, 5.74) is 0.381. The molecule has 1 saturated heterocycles. The molecule has 23 heavy (non-hydrogen) atoms. The van der Waals surface area contributed by atoms with Crippen LogP contribution in [0.1, 0.15) is 37.9 Å². The first kappa shape index (κ1) is 16.8. The maximum atomic E-state index is 12.8. The number of thioether (sulfide) groups is 1. The summed E-state index contributed by atoms with van der Waals surface area (Å²) in [6, 6.07) is 0.420. The van der Waals surface area contributed by atoms with Gasteiger partial charge in [-0.25, -0.2) is 4.98 Å². The quantitative estimate of drug-likeness (QED) is 0.774. The number of carbonyl (C=O) groups is 1. The van der Waals surface area contributed by atoms with Crippen LogP contribution in [0.15, 0.2) is 12.4 Å². The van der Waals surface area contributed by atoms with Crippen molar-refractivity contribution in [2.45, 2.75) is 44.7 Å². The van der Waals surface area contributed by atoms with Crippen molar-refractivity contribution in [3.63, 3.8) is 0 Å². The summed E-state index contributed by atoms with van der Waals surface area (Å²) < 4.78 is 2.03. The first-order valence-electron chi connectivity index (χ1n) is 8.62. The van der Waals surface area contributed by atoms with Crippen LogP contribution >= 0.6 is 11.8 Å². The number of aryl methyl sites for hydroxylation is 1. The fourth-order valence-electron chi connectivity index (χ4n) is 3.81. The van der Waals surface area contributed by atoms with Gasteiger partial charge in [-0.05, 0) is 56.2 Å². The first-order chi connectivity index (χ1) is 11.2. The number of imidazole rings is 1. The second-order valence-corrected chi connectivity index (χ2v) is 7.89. The van der Waals surface area contributed by atoms with E-state index in [1.54, 1.807) is 0 Å². The molecule has 1 aliphatic carbocycles. The Labute approximate surface area is 143 Å². The third kappa shape index (κ3) is 3.74. The van der Waals surface area contributed by atoms with E-state index in [-0.39, 0.29) is 0 Å². The van der Waals surface area contributed by atoms with E-state index in [0.717, 1.165) is 31.1 Å². The van der Waals surface area contributed by atoms with E-state index in [9.17, 15) is 4.79 Å². The summed E-state index contributed by atoms with van der Waals surface area (Å²) in [5.74, 6) is 2.35. The lowest BCUT2D eigenvalue weighted by Crippen LogP contribution is -2.39. The average molecular weight is 337 g/mol. The van der Waals surface area contributed by atoms with Gasteiger partial charge in [-0.1, -0.05) is 0 Å². The lowest BCUT2D eigenvalue weighted by Gasteiger charge is -2.29. The monoisotopic (exact) mass is 336 g/mol. The maximum Gasteiger partial charge on any atom is 0.223 e. The van der Waals surface area contributed by atoms with Gasteiger partial charge < -0.3 is 14.8 Å². The summed E-state index contributed by atoms with van der Waals surface area (Å²) in [6.07, 6.45) is 11.1. The molecule has 2 aliphatic rings. The van der Waals surface area contributed by atoms with Crippen LogP contribution in [-0.4, -0.2) is 51.5 Å². The second kappa shape index (κ2) is 7.26. The fourth-order valence-corrected chi connectivity index (χ4v) is 4.25. The van der Waals surface area contributed by atoms with Crippen LogP contribution < -0.4 is 5.32 Å². The van der Waals surface area contributed by atoms with Crippen LogP contribution in [0.5, 0.6) is 0 Å². The van der Waals surface area contributed by atoms with Crippen LogP contribution in [0.25, 0.3) is 0 Å². The van der Waals surface area contributed by atoms with E-state index in [4.69, 9.17) is 0 Å². The molecular formula is C17H28N4OS. The lowest BCUT2D eigenvalue weighted by atomic mass is 9.93. The minimum atomic E-state index is 0.308. The maximum absolute atomic E-state index is 12.8. The molecule has 1 amide bonds. The van der Waals surface area contributed by atoms with Crippen LogP contribution in [0.3, 0.4) is 0 Å². The van der Waals surface area contributed by atoms with Gasteiger partial charge in [-0.2, -0.15) is 11.8 Å². The molecule has 1 atom stereocenters. The normalized spacial score (nSPS) is 22.3. The number of piperidine rings is 1. The number of nitrogens with zero attached hydrogens (tertiary/aromatic N) is 3. The average Bonchev–Trinajstić information content (AvgIpc) is 3.06. The highest BCUT2D eigenvalue weighted by molar-refractivity contribution is 7.98. The Morgan fingerprint density at radius 1 is 1.52 bits per heavy atom. The van der Waals surface area contributed by atoms with Gasteiger partial charge in [-0.3, -0.25) is 4.79 Å². The van der Waals surface area contributed by atoms with Crippen molar-refractivity contribution < 1.29 is 4.79 Å². The van der Waals surface area contributed by atoms with Gasteiger partial charge in [0.1, 0.15) is 5.82 Å². The van der Waals surface area contributed by atoms with Crippen molar-refractivity contribution in [1.82, 2.24) is 19.8 Å². The molecule has 1 N–H and O–H groups in total. The Morgan fingerprint density at radius 2 is 2.30 bits per heavy atom. The van der Waals surface area contributed by atoms with Crippen molar-refractivity contribution in [3.8, 4) is 0 Å². The van der Waals surface area contributed by atoms with E-state index < -0.39 is 0 Å². The predicted molar refractivity (Wildman–Crippen MR) is 94.3 cm³/mol. The Bertz CT molecular complexity index is 538. The number of rotatable bonds is 7. The van der Waals surface area contributed by atoms with Gasteiger partial charge in [0, 0.05) is 31.9 Å². The van der Waals surface area contributed by atoms with Gasteiger partial charge in [0.25, 0.3) is 0 Å². The van der Waals surface area contributed by atoms with Crippen molar-refractivity contribution in [2.75, 3.05) is 25.1 Å². The Kier molecular flexibility index (Phi) is 5.31. The first-order valence-corrected chi connectivity index (χ1v) is 10.0. The highest BCUT2D eigenvalue weighted by Crippen LogP contribution is 2.56. The van der Waals surface area contributed by atoms with E-state index in [1.165, 1.54) is 19.3 Å². The second-order valence-electron chi connectivity index (χ2n) is 6.90. The van der Waals surface area contributed by atoms with E-state index in [0.29, 0.717) is 30.3 Å². The van der Waals surface area contributed by atoms with Crippen molar-refractivity contribution in [1.29, 1.82) is 0 Å². The molecule has 1 spiro atoms. The summed E-state index contributed by atoms with van der Waals surface area (Å²) in [4.78, 5) is 19.4. The van der Waals surface area contributed by atoms with Crippen molar-refractivity contribution in [3.05, 3.63) is 18.2 Å². The summed E-state index contributed by atoms with van der Waals surface area (Å²) >= 11 is 1.81. The molecule has 1 aromatic rings. The smallest absolute Gasteiger partial charge is 0.223 e. The van der Waals surface area contributed by atoms with Crippen molar-refractivity contribution in [2.24, 2.45) is 12.5 Å². The van der Waals surface area contributed by atoms with Crippen molar-refractivity contribution >= 4 is 17.7 Å². The predicted octanol–water partition coefficient (Wildman–Crippen LogP) is 2.03. The standard InChI is InChI=1S/C17H28N4OS/c1-20-10-9-19-15(20)13-21(16(22)4-3-11-23-2)14-12-17(14)5-7-18-8-6-17/h9-10,14,18H,3-8,11-13H2,1-2H3/t14-/m1/s1. The number of aromatic nitrogens is 2. The third-order valence-corrected chi connectivity index (χ3v) is 6.11. The van der Waals surface area contributed by atoms with Gasteiger partial charge in [0.2, 0.25) is 5.91 Å². The highest BCUT2D eigenvalue weighted by atomic mass is 32.2. The van der Waals surface area contributed by atoms with Crippen LogP contribution in [0.2, 0.25) is 0 Å². The Morgan fingerprint density at radius 3 is 2.96 bits per heavy atom. The van der Waals surface area contributed by atoms with Gasteiger partial charge in [0.15, 0.2) is 0 Å². The summed E-state index contributed by atoms with van der Waals surface area (Å²) in [7, 11) is 2.01. The number of amides is 1. The zero-order valence-corrected chi connectivity index (χ0v) is 15.1. The van der Waals surface area contributed by atoms with Gasteiger partial charge in [-0.15, -0.1) is 0 Å². The SMILES string of the molecule is CSCCCC(=O)N(Cc1nccn1C)[C@@H]1CC12CCNCC2. The molecule has 1 saturated carbocycles. The molecule has 5 nitrogen and oxygen atoms in total. The van der Waals surface area contributed by atoms with E-state index in [2.05, 4.69) is 21.5 Å². The molecule has 3 rings (SSSR count). The molecule has 0 unspecified atom stereocenters. The zero-order valence-electron chi connectivity index (χ0n) is 14.3. The Balaban J connectivity index is 1.69. The van der Waals surface area contributed by atoms with E-state index in [1.807, 2.05) is 35.8 Å². The lowest BCUT2D eigenvalue weighted by molar-refractivity contribution is -0.133. The molecule has 1 aliphatic heterocycles. The fraction of sp³-hybridized carbons (Fsp3) is 0.765. The number of hydrogen-bond donors (Lipinski definition) is 1.